The third kappa shape index (κ3) is 4.12. The van der Waals surface area contributed by atoms with E-state index in [1.165, 1.54) is 12.8 Å². The second-order valence-corrected chi connectivity index (χ2v) is 9.13. The first-order valence-electron chi connectivity index (χ1n) is 9.47. The molecular formula is C17H27N5O2S. The summed E-state index contributed by atoms with van der Waals surface area (Å²) in [6, 6.07) is 1.93. The lowest BCUT2D eigenvalue weighted by Crippen LogP contribution is -2.46. The highest BCUT2D eigenvalue weighted by Gasteiger charge is 2.32. The summed E-state index contributed by atoms with van der Waals surface area (Å²) in [7, 11) is -3.39. The van der Waals surface area contributed by atoms with Crippen molar-refractivity contribution in [2.75, 3.05) is 31.1 Å². The summed E-state index contributed by atoms with van der Waals surface area (Å²) in [6.45, 7) is 2.71. The Balaban J connectivity index is 1.38. The van der Waals surface area contributed by atoms with Gasteiger partial charge in [0.25, 0.3) is 10.2 Å². The van der Waals surface area contributed by atoms with E-state index >= 15 is 0 Å². The van der Waals surface area contributed by atoms with Crippen molar-refractivity contribution in [3.05, 3.63) is 18.0 Å². The van der Waals surface area contributed by atoms with E-state index in [0.717, 1.165) is 50.3 Å². The predicted molar refractivity (Wildman–Crippen MR) is 96.7 cm³/mol. The minimum absolute atomic E-state index is 0.0681. The topological polar surface area (TPSA) is 78.4 Å². The Morgan fingerprint density at radius 2 is 1.80 bits per heavy atom. The first-order chi connectivity index (χ1) is 12.1. The molecule has 8 heteroatoms. The molecule has 4 rings (SSSR count). The SMILES string of the molecule is O=S(=O)(NC1CCN(c2nccc(C3CC3)n2)C1)N1CCCCCC1. The van der Waals surface area contributed by atoms with Gasteiger partial charge in [-0.3, -0.25) is 0 Å². The predicted octanol–water partition coefficient (Wildman–Crippen LogP) is 1.64. The van der Waals surface area contributed by atoms with Gasteiger partial charge in [-0.05, 0) is 38.2 Å². The molecule has 7 nitrogen and oxygen atoms in total. The number of aromatic nitrogens is 2. The molecule has 2 aliphatic heterocycles. The monoisotopic (exact) mass is 365 g/mol. The van der Waals surface area contributed by atoms with Gasteiger partial charge in [-0.15, -0.1) is 0 Å². The molecule has 1 atom stereocenters. The van der Waals surface area contributed by atoms with Gasteiger partial charge in [0, 0.05) is 50.0 Å². The van der Waals surface area contributed by atoms with Crippen molar-refractivity contribution in [1.29, 1.82) is 0 Å². The number of nitrogens with one attached hydrogen (secondary N) is 1. The molecule has 0 aromatic carbocycles. The maximum absolute atomic E-state index is 12.7. The molecular weight excluding hydrogens is 338 g/mol. The Morgan fingerprint density at radius 3 is 2.52 bits per heavy atom. The fourth-order valence-corrected chi connectivity index (χ4v) is 5.23. The Hall–Kier alpha value is -1.25. The molecule has 0 radical (unpaired) electrons. The third-order valence-electron chi connectivity index (χ3n) is 5.35. The van der Waals surface area contributed by atoms with Crippen molar-refractivity contribution >= 4 is 16.2 Å². The summed E-state index contributed by atoms with van der Waals surface area (Å²) < 4.78 is 29.8. The van der Waals surface area contributed by atoms with Gasteiger partial charge in [0.1, 0.15) is 0 Å². The Kier molecular flexibility index (Phi) is 4.92. The van der Waals surface area contributed by atoms with Crippen LogP contribution in [0, 0.1) is 0 Å². The van der Waals surface area contributed by atoms with E-state index in [1.54, 1.807) is 4.31 Å². The summed E-state index contributed by atoms with van der Waals surface area (Å²) in [4.78, 5) is 11.2. The van der Waals surface area contributed by atoms with Gasteiger partial charge >= 0.3 is 0 Å². The van der Waals surface area contributed by atoms with Crippen LogP contribution in [-0.2, 0) is 10.2 Å². The van der Waals surface area contributed by atoms with E-state index in [4.69, 9.17) is 0 Å². The van der Waals surface area contributed by atoms with Crippen molar-refractivity contribution in [1.82, 2.24) is 19.0 Å². The van der Waals surface area contributed by atoms with E-state index < -0.39 is 10.2 Å². The van der Waals surface area contributed by atoms with Crippen molar-refractivity contribution in [3.63, 3.8) is 0 Å². The maximum atomic E-state index is 12.7. The number of hydrogen-bond acceptors (Lipinski definition) is 5. The summed E-state index contributed by atoms with van der Waals surface area (Å²) in [5.41, 5.74) is 1.12. The minimum atomic E-state index is -3.39. The Labute approximate surface area is 150 Å². The molecule has 0 spiro atoms. The van der Waals surface area contributed by atoms with Crippen LogP contribution in [0.1, 0.15) is 56.6 Å². The van der Waals surface area contributed by atoms with Crippen LogP contribution in [0.4, 0.5) is 5.95 Å². The van der Waals surface area contributed by atoms with E-state index in [-0.39, 0.29) is 6.04 Å². The zero-order chi connectivity index (χ0) is 17.3. The number of anilines is 1. The van der Waals surface area contributed by atoms with Crippen molar-refractivity contribution in [2.45, 2.75) is 56.9 Å². The van der Waals surface area contributed by atoms with Gasteiger partial charge in [0.05, 0.1) is 0 Å². The van der Waals surface area contributed by atoms with Gasteiger partial charge in [-0.25, -0.2) is 9.97 Å². The normalized spacial score (nSPS) is 25.9. The average molecular weight is 366 g/mol. The highest BCUT2D eigenvalue weighted by Crippen LogP contribution is 2.39. The summed E-state index contributed by atoms with van der Waals surface area (Å²) in [5, 5.41) is 0. The molecule has 3 fully saturated rings. The van der Waals surface area contributed by atoms with Crippen LogP contribution in [0.5, 0.6) is 0 Å². The molecule has 25 heavy (non-hydrogen) atoms. The molecule has 2 saturated heterocycles. The quantitative estimate of drug-likeness (QED) is 0.858. The molecule has 1 unspecified atom stereocenters. The number of rotatable bonds is 5. The molecule has 138 valence electrons. The fourth-order valence-electron chi connectivity index (χ4n) is 3.73. The van der Waals surface area contributed by atoms with Gasteiger partial charge in [-0.1, -0.05) is 12.8 Å². The zero-order valence-electron chi connectivity index (χ0n) is 14.6. The second-order valence-electron chi connectivity index (χ2n) is 7.42. The van der Waals surface area contributed by atoms with Crippen LogP contribution >= 0.6 is 0 Å². The minimum Gasteiger partial charge on any atom is -0.339 e. The highest BCUT2D eigenvalue weighted by molar-refractivity contribution is 7.87. The maximum Gasteiger partial charge on any atom is 0.279 e. The molecule has 3 heterocycles. The Morgan fingerprint density at radius 1 is 1.04 bits per heavy atom. The second kappa shape index (κ2) is 7.17. The molecule has 1 N–H and O–H groups in total. The van der Waals surface area contributed by atoms with Crippen LogP contribution in [0.3, 0.4) is 0 Å². The van der Waals surface area contributed by atoms with Crippen LogP contribution in [0.2, 0.25) is 0 Å². The van der Waals surface area contributed by atoms with E-state index in [1.807, 2.05) is 12.3 Å². The van der Waals surface area contributed by atoms with E-state index in [9.17, 15) is 8.42 Å². The van der Waals surface area contributed by atoms with Crippen LogP contribution in [0.25, 0.3) is 0 Å². The first kappa shape index (κ1) is 17.2. The number of nitrogens with zero attached hydrogens (tertiary/aromatic N) is 4. The van der Waals surface area contributed by atoms with Crippen molar-refractivity contribution in [3.8, 4) is 0 Å². The smallest absolute Gasteiger partial charge is 0.279 e. The van der Waals surface area contributed by atoms with Crippen LogP contribution in [0.15, 0.2) is 12.3 Å². The standard InChI is InChI=1S/C17H27N5O2S/c23-25(24,22-10-3-1-2-4-11-22)20-15-8-12-21(13-15)17-18-9-7-16(19-17)14-5-6-14/h7,9,14-15,20H,1-6,8,10-13H2. The average Bonchev–Trinajstić information content (AvgIpc) is 3.40. The summed E-state index contributed by atoms with van der Waals surface area (Å²) >= 11 is 0. The molecule has 0 bridgehead atoms. The molecule has 0 amide bonds. The lowest BCUT2D eigenvalue weighted by Gasteiger charge is -2.23. The van der Waals surface area contributed by atoms with E-state index in [2.05, 4.69) is 19.6 Å². The van der Waals surface area contributed by atoms with Gasteiger partial charge in [0.2, 0.25) is 5.95 Å². The Bertz CT molecular complexity index is 699. The lowest BCUT2D eigenvalue weighted by molar-refractivity contribution is 0.409. The van der Waals surface area contributed by atoms with Crippen LogP contribution < -0.4 is 9.62 Å². The molecule has 1 aromatic heterocycles. The van der Waals surface area contributed by atoms with Crippen molar-refractivity contribution < 1.29 is 8.42 Å². The zero-order valence-corrected chi connectivity index (χ0v) is 15.4. The highest BCUT2D eigenvalue weighted by atomic mass is 32.2. The van der Waals surface area contributed by atoms with Gasteiger partial charge in [-0.2, -0.15) is 17.4 Å². The first-order valence-corrected chi connectivity index (χ1v) is 10.9. The summed E-state index contributed by atoms with van der Waals surface area (Å²) in [5.74, 6) is 1.34. The summed E-state index contributed by atoms with van der Waals surface area (Å²) in [6.07, 6.45) is 9.22. The largest absolute Gasteiger partial charge is 0.339 e. The molecule has 1 saturated carbocycles. The molecule has 1 aliphatic carbocycles. The van der Waals surface area contributed by atoms with E-state index in [0.29, 0.717) is 25.6 Å². The van der Waals surface area contributed by atoms with Gasteiger partial charge < -0.3 is 4.90 Å². The third-order valence-corrected chi connectivity index (χ3v) is 7.03. The number of hydrogen-bond donors (Lipinski definition) is 1. The van der Waals surface area contributed by atoms with Gasteiger partial charge in [0.15, 0.2) is 0 Å². The van der Waals surface area contributed by atoms with Crippen molar-refractivity contribution in [2.24, 2.45) is 0 Å². The molecule has 1 aromatic rings. The van der Waals surface area contributed by atoms with Crippen LogP contribution in [-0.4, -0.2) is 54.9 Å². The fraction of sp³-hybridized carbons (Fsp3) is 0.765. The lowest BCUT2D eigenvalue weighted by atomic mass is 10.2. The molecule has 3 aliphatic rings.